The molecule has 0 saturated heterocycles. The maximum atomic E-state index is 4.66. The van der Waals surface area contributed by atoms with Gasteiger partial charge in [-0.05, 0) is 38.5 Å². The largest absolute Gasteiger partial charge is 0.358 e. The van der Waals surface area contributed by atoms with E-state index in [0.29, 0.717) is 0 Å². The van der Waals surface area contributed by atoms with Gasteiger partial charge < -0.3 is 4.98 Å². The molecule has 1 N–H and O–H groups in total. The van der Waals surface area contributed by atoms with Crippen molar-refractivity contribution in [3.63, 3.8) is 0 Å². The number of fused-ring (bicyclic) bond motifs is 1. The van der Waals surface area contributed by atoms with Crippen LogP contribution in [0.25, 0.3) is 10.9 Å². The summed E-state index contributed by atoms with van der Waals surface area (Å²) in [5, 5.41) is 1.22. The van der Waals surface area contributed by atoms with Gasteiger partial charge in [0.25, 0.3) is 0 Å². The van der Waals surface area contributed by atoms with Gasteiger partial charge in [0.1, 0.15) is 0 Å². The van der Waals surface area contributed by atoms with E-state index < -0.39 is 0 Å². The summed E-state index contributed by atoms with van der Waals surface area (Å²) < 4.78 is 0. The number of para-hydroxylation sites is 1. The van der Waals surface area contributed by atoms with Gasteiger partial charge in [-0.1, -0.05) is 35.9 Å². The molecule has 100 valence electrons. The van der Waals surface area contributed by atoms with E-state index in [1.807, 2.05) is 12.3 Å². The first-order valence-electron chi connectivity index (χ1n) is 6.84. The molecule has 1 aromatic heterocycles. The highest BCUT2D eigenvalue weighted by molar-refractivity contribution is 6.01. The van der Waals surface area contributed by atoms with Crippen molar-refractivity contribution in [3.05, 3.63) is 64.8 Å². The zero-order valence-electron chi connectivity index (χ0n) is 12.1. The minimum Gasteiger partial charge on any atom is -0.358 e. The van der Waals surface area contributed by atoms with Crippen molar-refractivity contribution in [1.82, 2.24) is 4.98 Å². The number of H-pyrrole nitrogens is 1. The SMILES string of the molecule is Cc1ccc(N=Cc2c(C)[nH]c3ccccc23)c(C)c1. The minimum absolute atomic E-state index is 1.03. The maximum Gasteiger partial charge on any atom is 0.0659 e. The first-order valence-corrected chi connectivity index (χ1v) is 6.84. The Labute approximate surface area is 119 Å². The lowest BCUT2D eigenvalue weighted by Crippen LogP contribution is -1.84. The van der Waals surface area contributed by atoms with E-state index in [0.717, 1.165) is 16.9 Å². The van der Waals surface area contributed by atoms with Crippen molar-refractivity contribution in [2.75, 3.05) is 0 Å². The van der Waals surface area contributed by atoms with E-state index in [1.54, 1.807) is 0 Å². The van der Waals surface area contributed by atoms with Crippen molar-refractivity contribution in [2.24, 2.45) is 4.99 Å². The number of aliphatic imine (C=N–C) groups is 1. The van der Waals surface area contributed by atoms with Crippen LogP contribution in [0.1, 0.15) is 22.4 Å². The van der Waals surface area contributed by atoms with Gasteiger partial charge in [0.2, 0.25) is 0 Å². The molecule has 2 heteroatoms. The van der Waals surface area contributed by atoms with E-state index in [-0.39, 0.29) is 0 Å². The Morgan fingerprint density at radius 2 is 1.80 bits per heavy atom. The number of aromatic nitrogens is 1. The molecule has 0 amide bonds. The molecule has 0 fully saturated rings. The predicted octanol–water partition coefficient (Wildman–Crippen LogP) is 4.84. The molecule has 0 aliphatic carbocycles. The summed E-state index contributed by atoms with van der Waals surface area (Å²) in [6.07, 6.45) is 1.96. The van der Waals surface area contributed by atoms with Crippen molar-refractivity contribution in [2.45, 2.75) is 20.8 Å². The monoisotopic (exact) mass is 262 g/mol. The number of hydrogen-bond acceptors (Lipinski definition) is 1. The van der Waals surface area contributed by atoms with Gasteiger partial charge in [-0.2, -0.15) is 0 Å². The molecule has 0 saturated carbocycles. The second-order valence-electron chi connectivity index (χ2n) is 5.26. The summed E-state index contributed by atoms with van der Waals surface area (Å²) in [5.41, 5.74) is 6.98. The molecule has 2 aromatic carbocycles. The van der Waals surface area contributed by atoms with Crippen LogP contribution in [0.15, 0.2) is 47.5 Å². The molecule has 0 aliphatic rings. The van der Waals surface area contributed by atoms with Crippen LogP contribution >= 0.6 is 0 Å². The van der Waals surface area contributed by atoms with Gasteiger partial charge >= 0.3 is 0 Å². The van der Waals surface area contributed by atoms with E-state index in [9.17, 15) is 0 Å². The van der Waals surface area contributed by atoms with Gasteiger partial charge in [0.05, 0.1) is 5.69 Å². The van der Waals surface area contributed by atoms with Crippen LogP contribution in [0.3, 0.4) is 0 Å². The summed E-state index contributed by atoms with van der Waals surface area (Å²) in [6, 6.07) is 14.7. The van der Waals surface area contributed by atoms with Gasteiger partial charge in [0.15, 0.2) is 0 Å². The summed E-state index contributed by atoms with van der Waals surface area (Å²) in [5.74, 6) is 0. The Morgan fingerprint density at radius 1 is 1.00 bits per heavy atom. The lowest BCUT2D eigenvalue weighted by molar-refractivity contribution is 1.29. The normalized spacial score (nSPS) is 11.6. The molecule has 2 nitrogen and oxygen atoms in total. The van der Waals surface area contributed by atoms with Crippen LogP contribution in [-0.4, -0.2) is 11.2 Å². The lowest BCUT2D eigenvalue weighted by Gasteiger charge is -2.01. The van der Waals surface area contributed by atoms with E-state index in [1.165, 1.54) is 22.1 Å². The molecule has 20 heavy (non-hydrogen) atoms. The Kier molecular flexibility index (Phi) is 3.15. The third-order valence-electron chi connectivity index (χ3n) is 3.63. The van der Waals surface area contributed by atoms with Gasteiger partial charge in [-0.15, -0.1) is 0 Å². The number of benzene rings is 2. The van der Waals surface area contributed by atoms with Crippen LogP contribution in [0.4, 0.5) is 5.69 Å². The fourth-order valence-corrected chi connectivity index (χ4v) is 2.55. The van der Waals surface area contributed by atoms with Crippen molar-refractivity contribution < 1.29 is 0 Å². The fourth-order valence-electron chi connectivity index (χ4n) is 2.55. The smallest absolute Gasteiger partial charge is 0.0659 e. The average molecular weight is 262 g/mol. The zero-order chi connectivity index (χ0) is 14.1. The Balaban J connectivity index is 2.04. The average Bonchev–Trinajstić information content (AvgIpc) is 2.74. The third-order valence-corrected chi connectivity index (χ3v) is 3.63. The number of rotatable bonds is 2. The van der Waals surface area contributed by atoms with Gasteiger partial charge in [0, 0.05) is 28.4 Å². The highest BCUT2D eigenvalue weighted by Gasteiger charge is 2.05. The standard InChI is InChI=1S/C18H18N2/c1-12-8-9-17(13(2)10-12)19-11-16-14(3)20-18-7-5-4-6-15(16)18/h4-11,20H,1-3H3. The van der Waals surface area contributed by atoms with Crippen LogP contribution in [0.2, 0.25) is 0 Å². The Morgan fingerprint density at radius 3 is 2.60 bits per heavy atom. The van der Waals surface area contributed by atoms with E-state index >= 15 is 0 Å². The third kappa shape index (κ3) is 2.25. The first-order chi connectivity index (χ1) is 9.65. The van der Waals surface area contributed by atoms with Gasteiger partial charge in [-0.3, -0.25) is 4.99 Å². The van der Waals surface area contributed by atoms with Crippen molar-refractivity contribution >= 4 is 22.8 Å². The molecule has 3 rings (SSSR count). The molecular formula is C18H18N2. The molecule has 0 aliphatic heterocycles. The molecule has 0 spiro atoms. The predicted molar refractivity (Wildman–Crippen MR) is 86.2 cm³/mol. The second kappa shape index (κ2) is 4.97. The van der Waals surface area contributed by atoms with Crippen LogP contribution in [-0.2, 0) is 0 Å². The quantitative estimate of drug-likeness (QED) is 0.640. The van der Waals surface area contributed by atoms with E-state index in [2.05, 4.69) is 67.1 Å². The van der Waals surface area contributed by atoms with Gasteiger partial charge in [-0.25, -0.2) is 0 Å². The molecule has 0 unspecified atom stereocenters. The second-order valence-corrected chi connectivity index (χ2v) is 5.26. The first kappa shape index (κ1) is 12.7. The van der Waals surface area contributed by atoms with Crippen LogP contribution in [0.5, 0.6) is 0 Å². The van der Waals surface area contributed by atoms with Crippen LogP contribution in [0, 0.1) is 20.8 Å². The number of nitrogens with zero attached hydrogens (tertiary/aromatic N) is 1. The fraction of sp³-hybridized carbons (Fsp3) is 0.167. The highest BCUT2D eigenvalue weighted by Crippen LogP contribution is 2.23. The molecule has 1 heterocycles. The molecular weight excluding hydrogens is 244 g/mol. The number of aromatic amines is 1. The summed E-state index contributed by atoms with van der Waals surface area (Å²) >= 11 is 0. The minimum atomic E-state index is 1.03. The number of aryl methyl sites for hydroxylation is 3. The Bertz CT molecular complexity index is 794. The Hall–Kier alpha value is -2.35. The topological polar surface area (TPSA) is 28.1 Å². The van der Waals surface area contributed by atoms with Crippen LogP contribution < -0.4 is 0 Å². The lowest BCUT2D eigenvalue weighted by atomic mass is 10.1. The molecule has 0 bridgehead atoms. The van der Waals surface area contributed by atoms with Crippen molar-refractivity contribution in [3.8, 4) is 0 Å². The van der Waals surface area contributed by atoms with E-state index in [4.69, 9.17) is 0 Å². The highest BCUT2D eigenvalue weighted by atomic mass is 14.8. The number of hydrogen-bond donors (Lipinski definition) is 1. The zero-order valence-corrected chi connectivity index (χ0v) is 12.1. The molecule has 3 aromatic rings. The van der Waals surface area contributed by atoms with Crippen molar-refractivity contribution in [1.29, 1.82) is 0 Å². The molecule has 0 atom stereocenters. The maximum absolute atomic E-state index is 4.66. The summed E-state index contributed by atoms with van der Waals surface area (Å²) in [7, 11) is 0. The summed E-state index contributed by atoms with van der Waals surface area (Å²) in [4.78, 5) is 8.05. The summed E-state index contributed by atoms with van der Waals surface area (Å²) in [6.45, 7) is 6.29. The molecule has 0 radical (unpaired) electrons. The number of nitrogens with one attached hydrogen (secondary N) is 1.